The molecule has 0 saturated carbocycles. The van der Waals surface area contributed by atoms with E-state index in [2.05, 4.69) is 4.98 Å². The van der Waals surface area contributed by atoms with Crippen molar-refractivity contribution >= 4 is 5.97 Å². The molecule has 0 bridgehead atoms. The number of esters is 1. The average Bonchev–Trinajstić information content (AvgIpc) is 2.58. The summed E-state index contributed by atoms with van der Waals surface area (Å²) in [4.78, 5) is 16.0. The predicted octanol–water partition coefficient (Wildman–Crippen LogP) is 4.29. The van der Waals surface area contributed by atoms with Crippen LogP contribution in [-0.2, 0) is 9.53 Å². The van der Waals surface area contributed by atoms with E-state index in [0.717, 1.165) is 18.4 Å². The van der Waals surface area contributed by atoms with Crippen molar-refractivity contribution in [2.24, 2.45) is 0 Å². The van der Waals surface area contributed by atoms with Gasteiger partial charge in [-0.2, -0.15) is 0 Å². The minimum atomic E-state index is -0.646. The van der Waals surface area contributed by atoms with Gasteiger partial charge in [0, 0.05) is 12.3 Å². The number of ether oxygens (including phenoxy) is 3. The van der Waals surface area contributed by atoms with Crippen LogP contribution in [0.2, 0.25) is 0 Å². The number of aromatic nitrogens is 1. The number of nitrogens with zero attached hydrogens (tertiary/aromatic N) is 1. The molecule has 0 aliphatic heterocycles. The van der Waals surface area contributed by atoms with Gasteiger partial charge in [0.1, 0.15) is 11.5 Å². The van der Waals surface area contributed by atoms with Crippen LogP contribution in [0.3, 0.4) is 0 Å². The third kappa shape index (κ3) is 5.57. The highest BCUT2D eigenvalue weighted by atomic mass is 16.6. The Kier molecular flexibility index (Phi) is 6.61. The summed E-state index contributed by atoms with van der Waals surface area (Å²) in [5, 5.41) is 0. The summed E-state index contributed by atoms with van der Waals surface area (Å²) in [6, 6.07) is 10.8. The standard InChI is InChI=1S/C19H23NO4/c1-4-5-12-22-19(21)15(3)23-16-7-9-17(10-8-16)24-18-11-6-14(2)13-20-18/h6-11,13,15H,4-5,12H2,1-3H3/t15-/m1/s1. The average molecular weight is 329 g/mol. The van der Waals surface area contributed by atoms with Crippen LogP contribution in [0.15, 0.2) is 42.6 Å². The molecular formula is C19H23NO4. The maximum absolute atomic E-state index is 11.8. The van der Waals surface area contributed by atoms with E-state index in [0.29, 0.717) is 24.0 Å². The van der Waals surface area contributed by atoms with Crippen LogP contribution in [0.1, 0.15) is 32.3 Å². The second kappa shape index (κ2) is 8.91. The minimum Gasteiger partial charge on any atom is -0.479 e. The highest BCUT2D eigenvalue weighted by Crippen LogP contribution is 2.23. The number of pyridine rings is 1. The number of carbonyl (C=O) groups excluding carboxylic acids is 1. The summed E-state index contributed by atoms with van der Waals surface area (Å²) in [7, 11) is 0. The van der Waals surface area contributed by atoms with Crippen molar-refractivity contribution < 1.29 is 19.0 Å². The van der Waals surface area contributed by atoms with Gasteiger partial charge in [-0.25, -0.2) is 9.78 Å². The Morgan fingerprint density at radius 3 is 2.46 bits per heavy atom. The van der Waals surface area contributed by atoms with Gasteiger partial charge in [-0.3, -0.25) is 0 Å². The first-order valence-electron chi connectivity index (χ1n) is 8.12. The van der Waals surface area contributed by atoms with Crippen molar-refractivity contribution in [3.63, 3.8) is 0 Å². The molecule has 2 aromatic rings. The molecule has 0 fully saturated rings. The van der Waals surface area contributed by atoms with Crippen molar-refractivity contribution in [2.45, 2.75) is 39.7 Å². The molecule has 1 atom stereocenters. The zero-order valence-corrected chi connectivity index (χ0v) is 14.3. The molecule has 0 radical (unpaired) electrons. The summed E-state index contributed by atoms with van der Waals surface area (Å²) < 4.78 is 16.4. The van der Waals surface area contributed by atoms with Crippen LogP contribution >= 0.6 is 0 Å². The number of hydrogen-bond acceptors (Lipinski definition) is 5. The fourth-order valence-electron chi connectivity index (χ4n) is 1.91. The van der Waals surface area contributed by atoms with Gasteiger partial charge in [0.05, 0.1) is 6.61 Å². The molecule has 1 aromatic heterocycles. The molecule has 0 amide bonds. The van der Waals surface area contributed by atoms with Crippen molar-refractivity contribution in [3.05, 3.63) is 48.2 Å². The maximum atomic E-state index is 11.8. The number of benzene rings is 1. The SMILES string of the molecule is CCCCOC(=O)[C@@H](C)Oc1ccc(Oc2ccc(C)cn2)cc1. The summed E-state index contributed by atoms with van der Waals surface area (Å²) in [6.45, 7) is 6.12. The molecule has 1 aromatic carbocycles. The predicted molar refractivity (Wildman–Crippen MR) is 91.4 cm³/mol. The van der Waals surface area contributed by atoms with Gasteiger partial charge in [0.2, 0.25) is 5.88 Å². The Morgan fingerprint density at radius 2 is 1.83 bits per heavy atom. The Bertz CT molecular complexity index is 637. The van der Waals surface area contributed by atoms with Gasteiger partial charge < -0.3 is 14.2 Å². The van der Waals surface area contributed by atoms with Crippen molar-refractivity contribution in [3.8, 4) is 17.4 Å². The van der Waals surface area contributed by atoms with E-state index in [1.54, 1.807) is 37.4 Å². The van der Waals surface area contributed by atoms with E-state index in [-0.39, 0.29) is 5.97 Å². The highest BCUT2D eigenvalue weighted by Gasteiger charge is 2.16. The third-order valence-electron chi connectivity index (χ3n) is 3.32. The minimum absolute atomic E-state index is 0.354. The summed E-state index contributed by atoms with van der Waals surface area (Å²) >= 11 is 0. The van der Waals surface area contributed by atoms with Gasteiger partial charge in [-0.15, -0.1) is 0 Å². The summed E-state index contributed by atoms with van der Waals surface area (Å²) in [6.07, 6.45) is 2.95. The molecule has 0 saturated heterocycles. The lowest BCUT2D eigenvalue weighted by Crippen LogP contribution is -2.26. The lowest BCUT2D eigenvalue weighted by molar-refractivity contribution is -0.151. The van der Waals surface area contributed by atoms with Crippen molar-refractivity contribution in [1.82, 2.24) is 4.98 Å². The van der Waals surface area contributed by atoms with E-state index < -0.39 is 6.10 Å². The number of unbranched alkanes of at least 4 members (excludes halogenated alkanes) is 1. The van der Waals surface area contributed by atoms with Gasteiger partial charge >= 0.3 is 5.97 Å². The molecule has 0 aliphatic carbocycles. The zero-order valence-electron chi connectivity index (χ0n) is 14.3. The summed E-state index contributed by atoms with van der Waals surface area (Å²) in [5.74, 6) is 1.41. The van der Waals surface area contributed by atoms with Crippen LogP contribution in [0.4, 0.5) is 0 Å². The number of rotatable bonds is 8. The number of aryl methyl sites for hydroxylation is 1. The first-order valence-corrected chi connectivity index (χ1v) is 8.12. The van der Waals surface area contributed by atoms with Crippen molar-refractivity contribution in [1.29, 1.82) is 0 Å². The van der Waals surface area contributed by atoms with Gasteiger partial charge in [-0.1, -0.05) is 19.4 Å². The van der Waals surface area contributed by atoms with Gasteiger partial charge in [-0.05, 0) is 50.1 Å². The molecule has 1 heterocycles. The molecule has 0 N–H and O–H groups in total. The second-order valence-corrected chi connectivity index (χ2v) is 5.53. The third-order valence-corrected chi connectivity index (χ3v) is 3.32. The highest BCUT2D eigenvalue weighted by molar-refractivity contribution is 5.74. The van der Waals surface area contributed by atoms with Gasteiger partial charge in [0.25, 0.3) is 0 Å². The molecule has 128 valence electrons. The van der Waals surface area contributed by atoms with E-state index in [4.69, 9.17) is 14.2 Å². The molecule has 0 spiro atoms. The van der Waals surface area contributed by atoms with E-state index in [1.165, 1.54) is 0 Å². The molecule has 5 nitrogen and oxygen atoms in total. The first-order chi connectivity index (χ1) is 11.6. The van der Waals surface area contributed by atoms with E-state index in [9.17, 15) is 4.79 Å². The number of hydrogen-bond donors (Lipinski definition) is 0. The fourth-order valence-corrected chi connectivity index (χ4v) is 1.91. The van der Waals surface area contributed by atoms with Crippen molar-refractivity contribution in [2.75, 3.05) is 6.61 Å². The Hall–Kier alpha value is -2.56. The lowest BCUT2D eigenvalue weighted by atomic mass is 10.3. The molecule has 24 heavy (non-hydrogen) atoms. The van der Waals surface area contributed by atoms with Crippen LogP contribution in [0, 0.1) is 6.92 Å². The van der Waals surface area contributed by atoms with Crippen LogP contribution in [0.5, 0.6) is 17.4 Å². The second-order valence-electron chi connectivity index (χ2n) is 5.53. The number of carbonyl (C=O) groups is 1. The maximum Gasteiger partial charge on any atom is 0.347 e. The lowest BCUT2D eigenvalue weighted by Gasteiger charge is -2.14. The normalized spacial score (nSPS) is 11.6. The molecule has 5 heteroatoms. The van der Waals surface area contributed by atoms with E-state index >= 15 is 0 Å². The van der Waals surface area contributed by atoms with E-state index in [1.807, 2.05) is 26.0 Å². The topological polar surface area (TPSA) is 57.7 Å². The molecule has 0 unspecified atom stereocenters. The Balaban J connectivity index is 1.87. The molecular weight excluding hydrogens is 306 g/mol. The first kappa shape index (κ1) is 17.8. The fraction of sp³-hybridized carbons (Fsp3) is 0.368. The zero-order chi connectivity index (χ0) is 17.4. The molecule has 0 aliphatic rings. The van der Waals surface area contributed by atoms with Crippen LogP contribution in [-0.4, -0.2) is 23.7 Å². The van der Waals surface area contributed by atoms with Crippen LogP contribution in [0.25, 0.3) is 0 Å². The quantitative estimate of drug-likeness (QED) is 0.534. The largest absolute Gasteiger partial charge is 0.479 e. The summed E-state index contributed by atoms with van der Waals surface area (Å²) in [5.41, 5.74) is 1.07. The van der Waals surface area contributed by atoms with Crippen LogP contribution < -0.4 is 9.47 Å². The Labute approximate surface area is 142 Å². The monoisotopic (exact) mass is 329 g/mol. The van der Waals surface area contributed by atoms with Gasteiger partial charge in [0.15, 0.2) is 6.10 Å². The molecule has 2 rings (SSSR count). The smallest absolute Gasteiger partial charge is 0.347 e. The Morgan fingerprint density at radius 1 is 1.12 bits per heavy atom.